The third-order valence-corrected chi connectivity index (χ3v) is 3.29. The molecule has 1 aromatic carbocycles. The van der Waals surface area contributed by atoms with Crippen LogP contribution >= 0.6 is 0 Å². The van der Waals surface area contributed by atoms with E-state index in [9.17, 15) is 4.79 Å². The Bertz CT molecular complexity index is 620. The first-order chi connectivity index (χ1) is 10.2. The van der Waals surface area contributed by atoms with Crippen molar-refractivity contribution >= 4 is 5.78 Å². The summed E-state index contributed by atoms with van der Waals surface area (Å²) >= 11 is 0. The molecule has 0 N–H and O–H groups in total. The normalized spacial score (nSPS) is 10.4. The Hall–Kier alpha value is -2.30. The summed E-state index contributed by atoms with van der Waals surface area (Å²) in [5, 5.41) is 0. The minimum atomic E-state index is -0.0331. The standard InChI is InChI=1S/C16H20N2O3/c1-4-8-18-9-7-17-16(18)11-14(19)13-10-12(20-2)5-6-15(13)21-3/h5-7,9-10H,4,8,11H2,1-3H3. The molecule has 21 heavy (non-hydrogen) atoms. The number of aryl methyl sites for hydroxylation is 1. The molecule has 0 bridgehead atoms. The molecule has 5 heteroatoms. The third-order valence-electron chi connectivity index (χ3n) is 3.29. The Kier molecular flexibility index (Phi) is 4.98. The van der Waals surface area contributed by atoms with Gasteiger partial charge in [-0.1, -0.05) is 6.92 Å². The number of benzene rings is 1. The molecule has 0 unspecified atom stereocenters. The zero-order chi connectivity index (χ0) is 15.2. The van der Waals surface area contributed by atoms with Crippen LogP contribution in [0, 0.1) is 0 Å². The highest BCUT2D eigenvalue weighted by atomic mass is 16.5. The first-order valence-electron chi connectivity index (χ1n) is 6.94. The van der Waals surface area contributed by atoms with Gasteiger partial charge >= 0.3 is 0 Å². The quantitative estimate of drug-likeness (QED) is 0.735. The lowest BCUT2D eigenvalue weighted by Crippen LogP contribution is -2.11. The molecular formula is C16H20N2O3. The number of hydrogen-bond donors (Lipinski definition) is 0. The fourth-order valence-electron chi connectivity index (χ4n) is 2.22. The van der Waals surface area contributed by atoms with Crippen LogP contribution in [0.25, 0.3) is 0 Å². The van der Waals surface area contributed by atoms with E-state index in [2.05, 4.69) is 11.9 Å². The van der Waals surface area contributed by atoms with Crippen LogP contribution in [0.1, 0.15) is 29.5 Å². The van der Waals surface area contributed by atoms with E-state index in [0.717, 1.165) is 18.8 Å². The average Bonchev–Trinajstić information content (AvgIpc) is 2.94. The lowest BCUT2D eigenvalue weighted by Gasteiger charge is -2.10. The number of hydrogen-bond acceptors (Lipinski definition) is 4. The maximum absolute atomic E-state index is 12.5. The molecule has 5 nitrogen and oxygen atoms in total. The molecule has 1 aromatic heterocycles. The lowest BCUT2D eigenvalue weighted by atomic mass is 10.1. The Morgan fingerprint density at radius 3 is 2.76 bits per heavy atom. The van der Waals surface area contributed by atoms with Crippen LogP contribution in [-0.2, 0) is 13.0 Å². The highest BCUT2D eigenvalue weighted by Gasteiger charge is 2.16. The van der Waals surface area contributed by atoms with E-state index < -0.39 is 0 Å². The average molecular weight is 288 g/mol. The maximum atomic E-state index is 12.5. The predicted molar refractivity (Wildman–Crippen MR) is 80.1 cm³/mol. The van der Waals surface area contributed by atoms with Crippen LogP contribution in [0.15, 0.2) is 30.6 Å². The van der Waals surface area contributed by atoms with Gasteiger partial charge in [-0.2, -0.15) is 0 Å². The van der Waals surface area contributed by atoms with Gasteiger partial charge in [0.25, 0.3) is 0 Å². The number of imidazole rings is 1. The number of Topliss-reactive ketones (excluding diaryl/α,β-unsaturated/α-hetero) is 1. The van der Waals surface area contributed by atoms with Crippen LogP contribution in [0.3, 0.4) is 0 Å². The molecule has 0 aliphatic rings. The Labute approximate surface area is 124 Å². The van der Waals surface area contributed by atoms with E-state index in [4.69, 9.17) is 9.47 Å². The number of aromatic nitrogens is 2. The lowest BCUT2D eigenvalue weighted by molar-refractivity contribution is 0.0986. The highest BCUT2D eigenvalue weighted by molar-refractivity contribution is 6.00. The summed E-state index contributed by atoms with van der Waals surface area (Å²) in [5.74, 6) is 1.92. The summed E-state index contributed by atoms with van der Waals surface area (Å²) in [6.07, 6.45) is 4.87. The molecular weight excluding hydrogens is 268 g/mol. The van der Waals surface area contributed by atoms with Crippen molar-refractivity contribution in [2.45, 2.75) is 26.3 Å². The van der Waals surface area contributed by atoms with Gasteiger partial charge in [-0.15, -0.1) is 0 Å². The molecule has 0 saturated carbocycles. The van der Waals surface area contributed by atoms with Crippen LogP contribution in [0.2, 0.25) is 0 Å². The number of carbonyl (C=O) groups excluding carboxylic acids is 1. The van der Waals surface area contributed by atoms with Gasteiger partial charge in [-0.05, 0) is 24.6 Å². The molecule has 2 aromatic rings. The number of ether oxygens (including phenoxy) is 2. The van der Waals surface area contributed by atoms with Crippen LogP contribution < -0.4 is 9.47 Å². The molecule has 2 rings (SSSR count). The third kappa shape index (κ3) is 3.42. The maximum Gasteiger partial charge on any atom is 0.174 e. The molecule has 112 valence electrons. The topological polar surface area (TPSA) is 53.4 Å². The zero-order valence-corrected chi connectivity index (χ0v) is 12.6. The monoisotopic (exact) mass is 288 g/mol. The zero-order valence-electron chi connectivity index (χ0n) is 12.6. The molecule has 0 aliphatic carbocycles. The second-order valence-corrected chi connectivity index (χ2v) is 4.70. The van der Waals surface area contributed by atoms with E-state index in [1.807, 2.05) is 10.8 Å². The van der Waals surface area contributed by atoms with Gasteiger partial charge in [-0.25, -0.2) is 4.98 Å². The van der Waals surface area contributed by atoms with Crippen molar-refractivity contribution < 1.29 is 14.3 Å². The van der Waals surface area contributed by atoms with Crippen molar-refractivity contribution in [3.63, 3.8) is 0 Å². The van der Waals surface area contributed by atoms with Crippen molar-refractivity contribution in [3.05, 3.63) is 42.0 Å². The van der Waals surface area contributed by atoms with Crippen LogP contribution in [-0.4, -0.2) is 29.6 Å². The van der Waals surface area contributed by atoms with Gasteiger partial charge in [0.15, 0.2) is 5.78 Å². The smallest absolute Gasteiger partial charge is 0.174 e. The summed E-state index contributed by atoms with van der Waals surface area (Å²) in [6, 6.07) is 5.21. The van der Waals surface area contributed by atoms with Gasteiger partial charge in [-0.3, -0.25) is 4.79 Å². The number of carbonyl (C=O) groups is 1. The van der Waals surface area contributed by atoms with Gasteiger partial charge in [0.1, 0.15) is 17.3 Å². The highest BCUT2D eigenvalue weighted by Crippen LogP contribution is 2.25. The molecule has 0 spiro atoms. The number of rotatable bonds is 7. The predicted octanol–water partition coefficient (Wildman–Crippen LogP) is 2.74. The fourth-order valence-corrected chi connectivity index (χ4v) is 2.22. The van der Waals surface area contributed by atoms with Gasteiger partial charge < -0.3 is 14.0 Å². The van der Waals surface area contributed by atoms with Gasteiger partial charge in [0.05, 0.1) is 26.2 Å². The first kappa shape index (κ1) is 15.1. The van der Waals surface area contributed by atoms with Crippen LogP contribution in [0.5, 0.6) is 11.5 Å². The molecule has 0 radical (unpaired) electrons. The van der Waals surface area contributed by atoms with Crippen molar-refractivity contribution in [1.82, 2.24) is 9.55 Å². The van der Waals surface area contributed by atoms with Gasteiger partial charge in [0.2, 0.25) is 0 Å². The minimum Gasteiger partial charge on any atom is -0.497 e. The molecule has 0 atom stereocenters. The summed E-state index contributed by atoms with van der Waals surface area (Å²) in [6.45, 7) is 2.95. The summed E-state index contributed by atoms with van der Waals surface area (Å²) in [4.78, 5) is 16.8. The molecule has 1 heterocycles. The first-order valence-corrected chi connectivity index (χ1v) is 6.94. The summed E-state index contributed by atoms with van der Waals surface area (Å²) in [7, 11) is 3.13. The number of ketones is 1. The summed E-state index contributed by atoms with van der Waals surface area (Å²) in [5.41, 5.74) is 0.517. The Balaban J connectivity index is 2.25. The Morgan fingerprint density at radius 1 is 1.29 bits per heavy atom. The van der Waals surface area contributed by atoms with E-state index in [-0.39, 0.29) is 12.2 Å². The molecule has 0 fully saturated rings. The van der Waals surface area contributed by atoms with Crippen molar-refractivity contribution in [3.8, 4) is 11.5 Å². The van der Waals surface area contributed by atoms with E-state index in [1.165, 1.54) is 0 Å². The van der Waals surface area contributed by atoms with Crippen molar-refractivity contribution in [1.29, 1.82) is 0 Å². The molecule has 0 aliphatic heterocycles. The van der Waals surface area contributed by atoms with E-state index in [0.29, 0.717) is 17.1 Å². The molecule has 0 amide bonds. The number of nitrogens with zero attached hydrogens (tertiary/aromatic N) is 2. The van der Waals surface area contributed by atoms with Crippen LogP contribution in [0.4, 0.5) is 0 Å². The fraction of sp³-hybridized carbons (Fsp3) is 0.375. The minimum absolute atomic E-state index is 0.0331. The van der Waals surface area contributed by atoms with E-state index in [1.54, 1.807) is 38.6 Å². The van der Waals surface area contributed by atoms with Crippen molar-refractivity contribution in [2.24, 2.45) is 0 Å². The largest absolute Gasteiger partial charge is 0.497 e. The summed E-state index contributed by atoms with van der Waals surface area (Å²) < 4.78 is 12.4. The second-order valence-electron chi connectivity index (χ2n) is 4.70. The Morgan fingerprint density at radius 2 is 2.10 bits per heavy atom. The molecule has 0 saturated heterocycles. The number of methoxy groups -OCH3 is 2. The van der Waals surface area contributed by atoms with Gasteiger partial charge in [0, 0.05) is 18.9 Å². The second kappa shape index (κ2) is 6.92. The van der Waals surface area contributed by atoms with Crippen molar-refractivity contribution in [2.75, 3.05) is 14.2 Å². The van der Waals surface area contributed by atoms with E-state index >= 15 is 0 Å². The SMILES string of the molecule is CCCn1ccnc1CC(=O)c1cc(OC)ccc1OC.